The van der Waals surface area contributed by atoms with Gasteiger partial charge in [-0.3, -0.25) is 0 Å². The summed E-state index contributed by atoms with van der Waals surface area (Å²) in [5.41, 5.74) is 2.14. The zero-order valence-corrected chi connectivity index (χ0v) is 40.3. The first-order valence-corrected chi connectivity index (χ1v) is 28.9. The van der Waals surface area contributed by atoms with Crippen LogP contribution in [0.15, 0.2) is 59.5 Å². The van der Waals surface area contributed by atoms with E-state index < -0.39 is 50.7 Å². The van der Waals surface area contributed by atoms with E-state index in [1.54, 1.807) is 31.4 Å². The molecule has 0 spiro atoms. The maximum atomic E-state index is 14.1. The average Bonchev–Trinajstić information content (AvgIpc) is 3.63. The Kier molecular flexibility index (Phi) is 16.7. The van der Waals surface area contributed by atoms with Crippen molar-refractivity contribution in [2.75, 3.05) is 26.1 Å². The Morgan fingerprint density at radius 1 is 0.877 bits per heavy atom. The predicted octanol–water partition coefficient (Wildman–Crippen LogP) is 9.67. The van der Waals surface area contributed by atoms with Crippen LogP contribution in [0, 0.1) is 11.8 Å². The summed E-state index contributed by atoms with van der Waals surface area (Å²) < 4.78 is 68.6. The van der Waals surface area contributed by atoms with Gasteiger partial charge in [0.2, 0.25) is 0 Å². The standard InChI is InChI=1S/C45H78O9SSi2/c1-31-25-35(22-23-39-32(2)26-34(51-39)19-18-24-46)52-40(33(31)3)28-41-38(30-55(47,48)37-20-16-15-17-21-37)43(49-10)42(53-41)27-36(54-57(13,14)45(7,8)9)29-50-56(11,12)44(4,5)6/h15-17,20-21,31,34-36,38-43,46H,2-3,18-19,22-30H2,1,4-14H3/t31?,34?,35?,36?,38?,39?,40?,41-,42?,43+/m0/s1. The van der Waals surface area contributed by atoms with Crippen LogP contribution in [0.5, 0.6) is 0 Å². The van der Waals surface area contributed by atoms with Crippen molar-refractivity contribution in [3.63, 3.8) is 0 Å². The minimum Gasteiger partial charge on any atom is -0.414 e. The molecule has 4 rings (SSSR count). The van der Waals surface area contributed by atoms with Gasteiger partial charge in [0, 0.05) is 32.5 Å². The van der Waals surface area contributed by atoms with Gasteiger partial charge < -0.3 is 32.9 Å². The summed E-state index contributed by atoms with van der Waals surface area (Å²) in [7, 11) is -6.35. The number of aliphatic hydroxyl groups is 1. The minimum atomic E-state index is -3.68. The summed E-state index contributed by atoms with van der Waals surface area (Å²) in [5, 5.41) is 9.32. The monoisotopic (exact) mass is 850 g/mol. The van der Waals surface area contributed by atoms with Gasteiger partial charge in [-0.05, 0) is 104 Å². The smallest absolute Gasteiger partial charge is 0.192 e. The highest BCUT2D eigenvalue weighted by atomic mass is 32.2. The highest BCUT2D eigenvalue weighted by Crippen LogP contribution is 2.44. The van der Waals surface area contributed by atoms with Crippen molar-refractivity contribution < 1.29 is 41.3 Å². The van der Waals surface area contributed by atoms with Crippen molar-refractivity contribution in [1.29, 1.82) is 0 Å². The first-order valence-electron chi connectivity index (χ1n) is 21.4. The number of aliphatic hydroxyl groups excluding tert-OH is 1. The normalized spacial score (nSPS) is 29.9. The van der Waals surface area contributed by atoms with E-state index in [2.05, 4.69) is 87.8 Å². The second-order valence-electron chi connectivity index (χ2n) is 20.2. The third-order valence-electron chi connectivity index (χ3n) is 13.8. The van der Waals surface area contributed by atoms with Crippen molar-refractivity contribution in [1.82, 2.24) is 0 Å². The highest BCUT2D eigenvalue weighted by Gasteiger charge is 2.50. The molecule has 3 heterocycles. The van der Waals surface area contributed by atoms with Crippen LogP contribution in [-0.2, 0) is 37.6 Å². The molecular formula is C45H78O9SSi2. The van der Waals surface area contributed by atoms with Crippen molar-refractivity contribution in [2.24, 2.45) is 11.8 Å². The average molecular weight is 851 g/mol. The molecule has 3 fully saturated rings. The zero-order chi connectivity index (χ0) is 42.6. The Bertz CT molecular complexity index is 1570. The molecule has 8 unspecified atom stereocenters. The number of ether oxygens (including phenoxy) is 4. The molecule has 1 aromatic carbocycles. The molecule has 3 aliphatic rings. The lowest BCUT2D eigenvalue weighted by atomic mass is 9.83. The summed E-state index contributed by atoms with van der Waals surface area (Å²) in [5.74, 6) is -0.324. The van der Waals surface area contributed by atoms with Gasteiger partial charge in [0.1, 0.15) is 0 Å². The molecule has 0 amide bonds. The van der Waals surface area contributed by atoms with Crippen molar-refractivity contribution in [3.8, 4) is 0 Å². The van der Waals surface area contributed by atoms with Crippen molar-refractivity contribution in [3.05, 3.63) is 54.6 Å². The van der Waals surface area contributed by atoms with Gasteiger partial charge in [0.05, 0.1) is 66.1 Å². The van der Waals surface area contributed by atoms with Gasteiger partial charge in [-0.15, -0.1) is 0 Å². The van der Waals surface area contributed by atoms with E-state index in [9.17, 15) is 13.5 Å². The minimum absolute atomic E-state index is 0.000157. The van der Waals surface area contributed by atoms with Crippen LogP contribution in [0.2, 0.25) is 36.3 Å². The lowest BCUT2D eigenvalue weighted by molar-refractivity contribution is -0.0782. The Balaban J connectivity index is 1.59. The van der Waals surface area contributed by atoms with E-state index in [0.717, 1.165) is 49.7 Å². The van der Waals surface area contributed by atoms with Crippen LogP contribution in [0.3, 0.4) is 0 Å². The Hall–Kier alpha value is -1.20. The van der Waals surface area contributed by atoms with Crippen LogP contribution >= 0.6 is 0 Å². The molecule has 1 N–H and O–H groups in total. The molecule has 9 nitrogen and oxygen atoms in total. The number of rotatable bonds is 19. The largest absolute Gasteiger partial charge is 0.414 e. The lowest BCUT2D eigenvalue weighted by Gasteiger charge is -2.42. The lowest BCUT2D eigenvalue weighted by Crippen LogP contribution is -2.49. The summed E-state index contributed by atoms with van der Waals surface area (Å²) in [6.45, 7) is 34.2. The Morgan fingerprint density at radius 2 is 1.51 bits per heavy atom. The molecule has 0 aromatic heterocycles. The molecule has 1 aromatic rings. The SMILES string of the molecule is C=C1CC(CCCO)OC1CCC1CC(C)C(=C)C(C[C@@H]2OC(CC(CO[Si](C)(C)C(C)(C)C)O[Si](C)(C)C(C)(C)C)[C@H](OC)C2CS(=O)(=O)c2ccccc2)O1. The van der Waals surface area contributed by atoms with Crippen LogP contribution in [0.4, 0.5) is 0 Å². The molecule has 0 saturated carbocycles. The van der Waals surface area contributed by atoms with Crippen LogP contribution in [-0.4, -0.2) is 105 Å². The molecule has 0 bridgehead atoms. The fraction of sp³-hybridized carbons (Fsp3) is 0.778. The maximum Gasteiger partial charge on any atom is 0.192 e. The van der Waals surface area contributed by atoms with Gasteiger partial charge in [0.15, 0.2) is 26.5 Å². The molecular weight excluding hydrogens is 773 g/mol. The first-order chi connectivity index (χ1) is 26.4. The van der Waals surface area contributed by atoms with Crippen LogP contribution in [0.25, 0.3) is 0 Å². The van der Waals surface area contributed by atoms with E-state index in [1.807, 2.05) is 6.07 Å². The fourth-order valence-corrected chi connectivity index (χ4v) is 12.1. The molecule has 0 radical (unpaired) electrons. The third-order valence-corrected chi connectivity index (χ3v) is 24.7. The second kappa shape index (κ2) is 19.7. The van der Waals surface area contributed by atoms with Gasteiger partial charge in [-0.2, -0.15) is 0 Å². The molecule has 12 heteroatoms. The zero-order valence-electron chi connectivity index (χ0n) is 37.5. The molecule has 3 aliphatic heterocycles. The van der Waals surface area contributed by atoms with E-state index in [1.165, 1.54) is 0 Å². The molecule has 57 heavy (non-hydrogen) atoms. The summed E-state index contributed by atoms with van der Waals surface area (Å²) in [4.78, 5) is 0.297. The van der Waals surface area contributed by atoms with Crippen molar-refractivity contribution in [2.45, 2.75) is 190 Å². The van der Waals surface area contributed by atoms with E-state index in [4.69, 9.17) is 27.8 Å². The van der Waals surface area contributed by atoms with Gasteiger partial charge >= 0.3 is 0 Å². The summed E-state index contributed by atoms with van der Waals surface area (Å²) in [6.07, 6.45) is 4.12. The predicted molar refractivity (Wildman–Crippen MR) is 235 cm³/mol. The van der Waals surface area contributed by atoms with E-state index in [0.29, 0.717) is 24.3 Å². The van der Waals surface area contributed by atoms with Gasteiger partial charge in [-0.1, -0.05) is 79.8 Å². The second-order valence-corrected chi connectivity index (χ2v) is 31.8. The van der Waals surface area contributed by atoms with E-state index >= 15 is 0 Å². The highest BCUT2D eigenvalue weighted by molar-refractivity contribution is 7.91. The van der Waals surface area contributed by atoms with Crippen LogP contribution in [0.1, 0.15) is 99.8 Å². The molecule has 3 saturated heterocycles. The van der Waals surface area contributed by atoms with Gasteiger partial charge in [0.25, 0.3) is 0 Å². The first kappa shape index (κ1) is 48.5. The molecule has 10 atom stereocenters. The van der Waals surface area contributed by atoms with E-state index in [-0.39, 0.29) is 58.9 Å². The van der Waals surface area contributed by atoms with Crippen molar-refractivity contribution >= 4 is 26.5 Å². The Labute approximate surface area is 348 Å². The third kappa shape index (κ3) is 12.7. The number of methoxy groups -OCH3 is 1. The number of benzene rings is 1. The number of sulfone groups is 1. The Morgan fingerprint density at radius 3 is 2.11 bits per heavy atom. The fourth-order valence-electron chi connectivity index (χ4n) is 8.08. The summed E-state index contributed by atoms with van der Waals surface area (Å²) in [6, 6.07) is 8.68. The number of hydrogen-bond acceptors (Lipinski definition) is 9. The quantitative estimate of drug-likeness (QED) is 0.108. The topological polar surface area (TPSA) is 110 Å². The summed E-state index contributed by atoms with van der Waals surface area (Å²) >= 11 is 0. The maximum absolute atomic E-state index is 14.1. The van der Waals surface area contributed by atoms with Gasteiger partial charge in [-0.25, -0.2) is 8.42 Å². The molecule has 0 aliphatic carbocycles. The van der Waals surface area contributed by atoms with Crippen LogP contribution < -0.4 is 0 Å². The molecule has 326 valence electrons. The number of hydrogen-bond donors (Lipinski definition) is 1.